The van der Waals surface area contributed by atoms with Crippen LogP contribution in [0.1, 0.15) is 26.6 Å². The van der Waals surface area contributed by atoms with E-state index < -0.39 is 0 Å². The smallest absolute Gasteiger partial charge is 0.273 e. The van der Waals surface area contributed by atoms with Gasteiger partial charge in [-0.3, -0.25) is 9.78 Å². The Morgan fingerprint density at radius 1 is 1.09 bits per heavy atom. The monoisotopic (exact) mass is 323 g/mol. The fourth-order valence-corrected chi connectivity index (χ4v) is 2.93. The van der Waals surface area contributed by atoms with Gasteiger partial charge in [-0.15, -0.1) is 11.3 Å². The Kier molecular flexibility index (Phi) is 4.78. The van der Waals surface area contributed by atoms with Crippen molar-refractivity contribution in [2.75, 3.05) is 0 Å². The van der Waals surface area contributed by atoms with Gasteiger partial charge in [0.1, 0.15) is 5.69 Å². The summed E-state index contributed by atoms with van der Waals surface area (Å²) in [6.07, 6.45) is 3.52. The van der Waals surface area contributed by atoms with Crippen molar-refractivity contribution in [3.63, 3.8) is 0 Å². The predicted molar refractivity (Wildman–Crippen MR) is 91.1 cm³/mol. The summed E-state index contributed by atoms with van der Waals surface area (Å²) < 4.78 is 0. The summed E-state index contributed by atoms with van der Waals surface area (Å²) in [4.78, 5) is 23.1. The van der Waals surface area contributed by atoms with E-state index in [9.17, 15) is 4.79 Å². The summed E-state index contributed by atoms with van der Waals surface area (Å²) in [5.41, 5.74) is 2.60. The number of carbonyl (C=O) groups excluding carboxylic acids is 1. The Hall–Kier alpha value is -2.53. The van der Waals surface area contributed by atoms with Gasteiger partial charge in [0.05, 0.1) is 5.01 Å². The van der Waals surface area contributed by atoms with Crippen molar-refractivity contribution in [1.29, 1.82) is 0 Å². The predicted octanol–water partition coefficient (Wildman–Crippen LogP) is 3.69. The molecule has 0 fully saturated rings. The van der Waals surface area contributed by atoms with E-state index in [1.165, 1.54) is 11.3 Å². The molecule has 0 spiro atoms. The first-order valence-electron chi connectivity index (χ1n) is 7.36. The second-order valence-corrected chi connectivity index (χ2v) is 6.32. The second kappa shape index (κ2) is 7.15. The van der Waals surface area contributed by atoms with E-state index in [0.717, 1.165) is 16.1 Å². The molecule has 0 aliphatic heterocycles. The average Bonchev–Trinajstić information content (AvgIpc) is 3.02. The maximum atomic E-state index is 12.8. The van der Waals surface area contributed by atoms with Crippen LogP contribution in [0, 0.1) is 6.92 Å². The number of hydrogen-bond donors (Lipinski definition) is 0. The lowest BCUT2D eigenvalue weighted by Gasteiger charge is -2.22. The number of aromatic nitrogens is 2. The van der Waals surface area contributed by atoms with Crippen molar-refractivity contribution in [2.45, 2.75) is 20.0 Å². The maximum absolute atomic E-state index is 12.8. The van der Waals surface area contributed by atoms with Gasteiger partial charge < -0.3 is 4.90 Å². The highest BCUT2D eigenvalue weighted by molar-refractivity contribution is 7.09. The molecule has 0 unspecified atom stereocenters. The number of benzene rings is 1. The van der Waals surface area contributed by atoms with E-state index in [-0.39, 0.29) is 5.91 Å². The number of pyridine rings is 1. The maximum Gasteiger partial charge on any atom is 0.273 e. The molecule has 0 radical (unpaired) electrons. The van der Waals surface area contributed by atoms with Crippen LogP contribution >= 0.6 is 11.3 Å². The Balaban J connectivity index is 1.84. The summed E-state index contributed by atoms with van der Waals surface area (Å²) >= 11 is 1.49. The van der Waals surface area contributed by atoms with Gasteiger partial charge in [0.2, 0.25) is 0 Å². The Morgan fingerprint density at radius 2 is 1.83 bits per heavy atom. The number of carbonyl (C=O) groups is 1. The third kappa shape index (κ3) is 4.02. The van der Waals surface area contributed by atoms with Crippen LogP contribution in [0.2, 0.25) is 0 Å². The topological polar surface area (TPSA) is 46.1 Å². The van der Waals surface area contributed by atoms with Gasteiger partial charge >= 0.3 is 0 Å². The van der Waals surface area contributed by atoms with E-state index in [1.54, 1.807) is 17.3 Å². The van der Waals surface area contributed by atoms with Crippen LogP contribution in [0.15, 0.2) is 60.2 Å². The summed E-state index contributed by atoms with van der Waals surface area (Å²) in [5, 5.41) is 2.72. The van der Waals surface area contributed by atoms with E-state index in [0.29, 0.717) is 18.8 Å². The van der Waals surface area contributed by atoms with Gasteiger partial charge in [0.25, 0.3) is 5.91 Å². The van der Waals surface area contributed by atoms with E-state index in [4.69, 9.17) is 0 Å². The zero-order chi connectivity index (χ0) is 16.1. The van der Waals surface area contributed by atoms with Crippen LogP contribution in [0.25, 0.3) is 0 Å². The molecule has 116 valence electrons. The van der Waals surface area contributed by atoms with Crippen LogP contribution in [0.4, 0.5) is 0 Å². The molecule has 0 aliphatic rings. The van der Waals surface area contributed by atoms with Gasteiger partial charge in [-0.1, -0.05) is 36.4 Å². The number of aryl methyl sites for hydroxylation is 1. The van der Waals surface area contributed by atoms with E-state index >= 15 is 0 Å². The molecular formula is C18H17N3OS. The molecule has 3 aromatic rings. The molecule has 1 aromatic carbocycles. The quantitative estimate of drug-likeness (QED) is 0.719. The summed E-state index contributed by atoms with van der Waals surface area (Å²) in [7, 11) is 0. The van der Waals surface area contributed by atoms with Crippen molar-refractivity contribution in [2.24, 2.45) is 0 Å². The van der Waals surface area contributed by atoms with Crippen molar-refractivity contribution in [3.8, 4) is 0 Å². The van der Waals surface area contributed by atoms with Gasteiger partial charge in [0.15, 0.2) is 0 Å². The van der Waals surface area contributed by atoms with E-state index in [1.807, 2.05) is 54.8 Å². The molecule has 1 amide bonds. The molecule has 0 saturated carbocycles. The number of amides is 1. The van der Waals surface area contributed by atoms with E-state index in [2.05, 4.69) is 9.97 Å². The summed E-state index contributed by atoms with van der Waals surface area (Å²) in [6, 6.07) is 13.8. The van der Waals surface area contributed by atoms with Gasteiger partial charge in [0, 0.05) is 30.9 Å². The summed E-state index contributed by atoms with van der Waals surface area (Å²) in [5.74, 6) is -0.0537. The molecule has 2 aromatic heterocycles. The molecule has 0 saturated heterocycles. The zero-order valence-electron chi connectivity index (χ0n) is 12.8. The van der Waals surface area contributed by atoms with Gasteiger partial charge in [-0.05, 0) is 24.1 Å². The van der Waals surface area contributed by atoms with Crippen LogP contribution in [-0.2, 0) is 13.1 Å². The Labute approximate surface area is 139 Å². The highest BCUT2D eigenvalue weighted by atomic mass is 32.1. The lowest BCUT2D eigenvalue weighted by atomic mass is 10.2. The fourth-order valence-electron chi connectivity index (χ4n) is 2.34. The first-order chi connectivity index (χ1) is 11.2. The fraction of sp³-hybridized carbons (Fsp3) is 0.167. The largest absolute Gasteiger partial charge is 0.329 e. The minimum absolute atomic E-state index is 0.0537. The molecule has 0 aliphatic carbocycles. The average molecular weight is 323 g/mol. The molecular weight excluding hydrogens is 306 g/mol. The molecule has 0 bridgehead atoms. The van der Waals surface area contributed by atoms with Crippen LogP contribution in [0.5, 0.6) is 0 Å². The first-order valence-corrected chi connectivity index (χ1v) is 8.24. The number of rotatable bonds is 5. The zero-order valence-corrected chi connectivity index (χ0v) is 13.7. The standard InChI is InChI=1S/C18H17N3OS/c1-14-20-17(13-23-14)18(22)21(11-15-6-3-2-4-7-15)12-16-8-5-9-19-10-16/h2-10,13H,11-12H2,1H3. The van der Waals surface area contributed by atoms with Crippen LogP contribution < -0.4 is 0 Å². The van der Waals surface area contributed by atoms with Crippen LogP contribution in [-0.4, -0.2) is 20.8 Å². The third-order valence-corrected chi connectivity index (χ3v) is 4.21. The van der Waals surface area contributed by atoms with Crippen molar-refractivity contribution in [1.82, 2.24) is 14.9 Å². The van der Waals surface area contributed by atoms with Gasteiger partial charge in [-0.25, -0.2) is 4.98 Å². The molecule has 2 heterocycles. The minimum Gasteiger partial charge on any atom is -0.329 e. The number of hydrogen-bond acceptors (Lipinski definition) is 4. The van der Waals surface area contributed by atoms with Crippen molar-refractivity contribution < 1.29 is 4.79 Å². The van der Waals surface area contributed by atoms with Crippen molar-refractivity contribution in [3.05, 3.63) is 82.1 Å². The molecule has 0 N–H and O–H groups in total. The minimum atomic E-state index is -0.0537. The molecule has 0 atom stereocenters. The Bertz CT molecular complexity index is 730. The molecule has 5 heteroatoms. The van der Waals surface area contributed by atoms with Crippen LogP contribution in [0.3, 0.4) is 0 Å². The highest BCUT2D eigenvalue weighted by Gasteiger charge is 2.19. The number of nitrogens with zero attached hydrogens (tertiary/aromatic N) is 3. The lowest BCUT2D eigenvalue weighted by Crippen LogP contribution is -2.30. The number of thiazole rings is 1. The molecule has 3 rings (SSSR count). The molecule has 4 nitrogen and oxygen atoms in total. The SMILES string of the molecule is Cc1nc(C(=O)N(Cc2ccccc2)Cc2cccnc2)cs1. The second-order valence-electron chi connectivity index (χ2n) is 5.26. The lowest BCUT2D eigenvalue weighted by molar-refractivity contribution is 0.0724. The molecule has 23 heavy (non-hydrogen) atoms. The van der Waals surface area contributed by atoms with Gasteiger partial charge in [-0.2, -0.15) is 0 Å². The third-order valence-electron chi connectivity index (χ3n) is 3.44. The Morgan fingerprint density at radius 3 is 2.48 bits per heavy atom. The first kappa shape index (κ1) is 15.4. The highest BCUT2D eigenvalue weighted by Crippen LogP contribution is 2.15. The summed E-state index contributed by atoms with van der Waals surface area (Å²) in [6.45, 7) is 2.97. The normalized spacial score (nSPS) is 10.5. The van der Waals surface area contributed by atoms with Crippen molar-refractivity contribution >= 4 is 17.2 Å².